The lowest BCUT2D eigenvalue weighted by atomic mass is 10.1. The molecule has 0 aromatic rings. The fourth-order valence-electron chi connectivity index (χ4n) is 2.60. The number of rotatable bonds is 13. The van der Waals surface area contributed by atoms with Gasteiger partial charge < -0.3 is 14.8 Å². The molecule has 0 aliphatic carbocycles. The third kappa shape index (κ3) is 10.5. The van der Waals surface area contributed by atoms with Gasteiger partial charge in [0.25, 0.3) is 0 Å². The van der Waals surface area contributed by atoms with Crippen molar-refractivity contribution in [1.82, 2.24) is 0 Å². The summed E-state index contributed by atoms with van der Waals surface area (Å²) in [5, 5.41) is 0. The summed E-state index contributed by atoms with van der Waals surface area (Å²) in [5.74, 6) is -0.764. The molecule has 0 aromatic heterocycles. The van der Waals surface area contributed by atoms with Crippen molar-refractivity contribution in [2.45, 2.75) is 52.9 Å². The minimum atomic E-state index is -4.18. The Balaban J connectivity index is 5.13. The molecular weight excluding hydrogens is 316 g/mol. The lowest BCUT2D eigenvalue weighted by Crippen LogP contribution is -2.50. The average Bonchev–Trinajstić information content (AvgIpc) is 2.46. The van der Waals surface area contributed by atoms with E-state index >= 15 is 0 Å². The van der Waals surface area contributed by atoms with Crippen molar-refractivity contribution in [2.24, 2.45) is 5.73 Å². The molecule has 2 N–H and O–H groups in total. The molecule has 0 heterocycles. The third-order valence-corrected chi connectivity index (χ3v) is 4.96. The highest BCUT2D eigenvalue weighted by Gasteiger charge is 2.25. The first-order valence-corrected chi connectivity index (χ1v) is 9.98. The van der Waals surface area contributed by atoms with Gasteiger partial charge in [0.05, 0.1) is 36.3 Å². The van der Waals surface area contributed by atoms with E-state index in [1.165, 1.54) is 0 Å². The Morgan fingerprint density at radius 3 is 1.96 bits per heavy atom. The van der Waals surface area contributed by atoms with Gasteiger partial charge in [0.15, 0.2) is 0 Å². The predicted molar refractivity (Wildman–Crippen MR) is 91.7 cm³/mol. The standard InChI is InChI=1S/C16H32N2O4S/c1-4-6-10-18(11-7-5-2,12-8-14-23(20,21)22)13-9-15(3)16(17)19/h9H,4-8,10-14H2,1-3H3,(H2-,17,19,20,21,22). The molecule has 0 aromatic carbocycles. The second-order valence-electron chi connectivity index (χ2n) is 6.27. The molecule has 23 heavy (non-hydrogen) atoms. The number of amides is 1. The Morgan fingerprint density at radius 2 is 1.57 bits per heavy atom. The monoisotopic (exact) mass is 348 g/mol. The van der Waals surface area contributed by atoms with Crippen LogP contribution in [0.3, 0.4) is 0 Å². The van der Waals surface area contributed by atoms with E-state index in [2.05, 4.69) is 13.8 Å². The van der Waals surface area contributed by atoms with Crippen LogP contribution in [0.25, 0.3) is 0 Å². The van der Waals surface area contributed by atoms with Gasteiger partial charge in [0.1, 0.15) is 0 Å². The molecule has 0 bridgehead atoms. The van der Waals surface area contributed by atoms with Crippen LogP contribution in [0.15, 0.2) is 11.6 Å². The number of carbonyl (C=O) groups is 1. The molecule has 7 heteroatoms. The second kappa shape index (κ2) is 10.8. The second-order valence-corrected chi connectivity index (χ2v) is 7.79. The van der Waals surface area contributed by atoms with E-state index in [0.717, 1.165) is 38.8 Å². The SMILES string of the molecule is CCCC[N+](CC=C(C)C(N)=O)(CCCC)CCCS(=O)(=O)[O-]. The van der Waals surface area contributed by atoms with Gasteiger partial charge in [-0.1, -0.05) is 26.7 Å². The first kappa shape index (κ1) is 22.1. The Labute approximate surface area is 141 Å². The highest BCUT2D eigenvalue weighted by atomic mass is 32.2. The topological polar surface area (TPSA) is 100 Å². The van der Waals surface area contributed by atoms with Crippen LogP contribution < -0.4 is 5.73 Å². The summed E-state index contributed by atoms with van der Waals surface area (Å²) < 4.78 is 33.3. The van der Waals surface area contributed by atoms with Crippen molar-refractivity contribution >= 4 is 16.0 Å². The fraction of sp³-hybridized carbons (Fsp3) is 0.812. The van der Waals surface area contributed by atoms with E-state index in [1.54, 1.807) is 6.92 Å². The minimum absolute atomic E-state index is 0.330. The van der Waals surface area contributed by atoms with Gasteiger partial charge in [-0.2, -0.15) is 0 Å². The number of unbranched alkanes of at least 4 members (excludes halogenated alkanes) is 2. The molecule has 1 amide bonds. The summed E-state index contributed by atoms with van der Waals surface area (Å²) in [4.78, 5) is 11.2. The molecule has 0 atom stereocenters. The summed E-state index contributed by atoms with van der Waals surface area (Å²) in [5.41, 5.74) is 5.81. The maximum absolute atomic E-state index is 11.2. The highest BCUT2D eigenvalue weighted by molar-refractivity contribution is 7.85. The quantitative estimate of drug-likeness (QED) is 0.311. The molecular formula is C16H32N2O4S. The van der Waals surface area contributed by atoms with E-state index in [4.69, 9.17) is 5.73 Å². The zero-order chi connectivity index (χ0) is 17.9. The van der Waals surface area contributed by atoms with Crippen molar-refractivity contribution in [2.75, 3.05) is 31.9 Å². The molecule has 0 radical (unpaired) electrons. The maximum Gasteiger partial charge on any atom is 0.244 e. The molecule has 0 saturated heterocycles. The van der Waals surface area contributed by atoms with Crippen molar-refractivity contribution in [3.63, 3.8) is 0 Å². The van der Waals surface area contributed by atoms with E-state index in [1.807, 2.05) is 6.08 Å². The zero-order valence-corrected chi connectivity index (χ0v) is 15.5. The Bertz CT molecular complexity index is 478. The molecule has 136 valence electrons. The van der Waals surface area contributed by atoms with Gasteiger partial charge >= 0.3 is 0 Å². The molecule has 0 fully saturated rings. The Hall–Kier alpha value is -0.920. The molecule has 6 nitrogen and oxygen atoms in total. The molecule has 0 spiro atoms. The van der Waals surface area contributed by atoms with Gasteiger partial charge in [-0.15, -0.1) is 0 Å². The summed E-state index contributed by atoms with van der Waals surface area (Å²) in [7, 11) is -4.18. The Morgan fingerprint density at radius 1 is 1.09 bits per heavy atom. The number of nitrogens with zero attached hydrogens (tertiary/aromatic N) is 1. The largest absolute Gasteiger partial charge is 0.748 e. The van der Waals surface area contributed by atoms with Gasteiger partial charge in [-0.3, -0.25) is 4.79 Å². The number of nitrogens with two attached hydrogens (primary N) is 1. The smallest absolute Gasteiger partial charge is 0.244 e. The Kier molecular flexibility index (Phi) is 10.3. The summed E-state index contributed by atoms with van der Waals surface area (Å²) >= 11 is 0. The first-order chi connectivity index (χ1) is 10.7. The number of carbonyl (C=O) groups excluding carboxylic acids is 1. The number of hydrogen-bond acceptors (Lipinski definition) is 4. The average molecular weight is 349 g/mol. The summed E-state index contributed by atoms with van der Waals surface area (Å²) in [6, 6.07) is 0. The zero-order valence-electron chi connectivity index (χ0n) is 14.7. The van der Waals surface area contributed by atoms with Crippen LogP contribution >= 0.6 is 0 Å². The van der Waals surface area contributed by atoms with Gasteiger partial charge in [0.2, 0.25) is 5.91 Å². The van der Waals surface area contributed by atoms with Gasteiger partial charge in [0, 0.05) is 17.7 Å². The van der Waals surface area contributed by atoms with Gasteiger partial charge in [-0.25, -0.2) is 8.42 Å². The first-order valence-electron chi connectivity index (χ1n) is 8.41. The van der Waals surface area contributed by atoms with Crippen LogP contribution in [-0.4, -0.2) is 55.3 Å². The predicted octanol–water partition coefficient (Wildman–Crippen LogP) is 1.77. The molecule has 0 unspecified atom stereocenters. The summed E-state index contributed by atoms with van der Waals surface area (Å²) in [6.45, 7) is 9.02. The summed E-state index contributed by atoms with van der Waals surface area (Å²) in [6.07, 6.45) is 6.34. The van der Waals surface area contributed by atoms with Crippen molar-refractivity contribution in [3.05, 3.63) is 11.6 Å². The van der Waals surface area contributed by atoms with Crippen LogP contribution in [-0.2, 0) is 14.9 Å². The lowest BCUT2D eigenvalue weighted by Gasteiger charge is -2.38. The van der Waals surface area contributed by atoms with Crippen molar-refractivity contribution in [1.29, 1.82) is 0 Å². The lowest BCUT2D eigenvalue weighted by molar-refractivity contribution is -0.923. The molecule has 0 aliphatic rings. The van der Waals surface area contributed by atoms with Crippen molar-refractivity contribution in [3.8, 4) is 0 Å². The van der Waals surface area contributed by atoms with Gasteiger partial charge in [-0.05, 0) is 25.8 Å². The normalized spacial score (nSPS) is 13.3. The number of hydrogen-bond donors (Lipinski definition) is 1. The molecule has 0 saturated carbocycles. The molecule has 0 rings (SSSR count). The van der Waals surface area contributed by atoms with E-state index in [-0.39, 0.29) is 5.75 Å². The van der Waals surface area contributed by atoms with Crippen LogP contribution in [0, 0.1) is 0 Å². The molecule has 0 aliphatic heterocycles. The van der Waals surface area contributed by atoms with Crippen LogP contribution in [0.1, 0.15) is 52.9 Å². The number of primary amides is 1. The minimum Gasteiger partial charge on any atom is -0.748 e. The van der Waals surface area contributed by atoms with E-state index < -0.39 is 16.0 Å². The fourth-order valence-corrected chi connectivity index (χ4v) is 3.09. The van der Waals surface area contributed by atoms with Crippen molar-refractivity contribution < 1.29 is 22.2 Å². The van der Waals surface area contributed by atoms with Crippen LogP contribution in [0.2, 0.25) is 0 Å². The van der Waals surface area contributed by atoms with E-state index in [9.17, 15) is 17.8 Å². The number of quaternary nitrogens is 1. The van der Waals surface area contributed by atoms with E-state index in [0.29, 0.717) is 29.6 Å². The highest BCUT2D eigenvalue weighted by Crippen LogP contribution is 2.15. The third-order valence-electron chi connectivity index (χ3n) is 4.17. The van der Waals surface area contributed by atoms with Crippen LogP contribution in [0.5, 0.6) is 0 Å². The van der Waals surface area contributed by atoms with Crippen LogP contribution in [0.4, 0.5) is 0 Å². The maximum atomic E-state index is 11.2.